The van der Waals surface area contributed by atoms with Gasteiger partial charge in [0.15, 0.2) is 0 Å². The molecule has 0 saturated carbocycles. The summed E-state index contributed by atoms with van der Waals surface area (Å²) in [5.74, 6) is -0.359. The molecule has 3 rings (SSSR count). The molecule has 2 heterocycles. The van der Waals surface area contributed by atoms with Crippen molar-refractivity contribution in [2.75, 3.05) is 6.54 Å². The van der Waals surface area contributed by atoms with Crippen LogP contribution in [0.25, 0.3) is 11.1 Å². The topological polar surface area (TPSA) is 77.8 Å². The van der Waals surface area contributed by atoms with Crippen LogP contribution >= 0.6 is 0 Å². The molecule has 5 nitrogen and oxygen atoms in total. The van der Waals surface area contributed by atoms with Gasteiger partial charge in [0.25, 0.3) is 0 Å². The number of rotatable bonds is 4. The maximum absolute atomic E-state index is 13.2. The SMILES string of the molecule is N#Cc1cnc(CNC(=O)[C@H]2C[C@@H](F)CN2)cc1-c1ccc(C(F)(F)F)cc1. The van der Waals surface area contributed by atoms with Gasteiger partial charge in [-0.15, -0.1) is 0 Å². The average molecular weight is 392 g/mol. The molecule has 146 valence electrons. The van der Waals surface area contributed by atoms with Gasteiger partial charge in [-0.2, -0.15) is 18.4 Å². The number of aromatic nitrogens is 1. The first kappa shape index (κ1) is 19.8. The number of carbonyl (C=O) groups excluding carboxylic acids is 1. The smallest absolute Gasteiger partial charge is 0.349 e. The Morgan fingerprint density at radius 2 is 2.04 bits per heavy atom. The van der Waals surface area contributed by atoms with Crippen molar-refractivity contribution < 1.29 is 22.4 Å². The maximum atomic E-state index is 13.2. The van der Waals surface area contributed by atoms with Crippen LogP contribution in [0.1, 0.15) is 23.2 Å². The Labute approximate surface area is 158 Å². The van der Waals surface area contributed by atoms with Gasteiger partial charge in [0.2, 0.25) is 5.91 Å². The van der Waals surface area contributed by atoms with Gasteiger partial charge in [-0.25, -0.2) is 4.39 Å². The Kier molecular flexibility index (Phi) is 5.61. The van der Waals surface area contributed by atoms with Crippen LogP contribution in [0.2, 0.25) is 0 Å². The molecule has 0 aliphatic carbocycles. The van der Waals surface area contributed by atoms with Crippen LogP contribution in [-0.2, 0) is 17.5 Å². The second-order valence-electron chi connectivity index (χ2n) is 6.42. The van der Waals surface area contributed by atoms with E-state index in [-0.39, 0.29) is 31.0 Å². The third-order valence-electron chi connectivity index (χ3n) is 4.44. The molecule has 1 fully saturated rings. The molecule has 0 unspecified atom stereocenters. The minimum Gasteiger partial charge on any atom is -0.349 e. The van der Waals surface area contributed by atoms with E-state index in [9.17, 15) is 27.6 Å². The normalized spacial score (nSPS) is 19.2. The second kappa shape index (κ2) is 7.94. The van der Waals surface area contributed by atoms with E-state index in [2.05, 4.69) is 15.6 Å². The molecular weight excluding hydrogens is 376 g/mol. The lowest BCUT2D eigenvalue weighted by Crippen LogP contribution is -2.40. The van der Waals surface area contributed by atoms with Crippen molar-refractivity contribution >= 4 is 5.91 Å². The lowest BCUT2D eigenvalue weighted by atomic mass is 10.00. The summed E-state index contributed by atoms with van der Waals surface area (Å²) in [5, 5.41) is 14.7. The molecule has 0 radical (unpaired) electrons. The zero-order valence-corrected chi connectivity index (χ0v) is 14.6. The number of hydrogen-bond donors (Lipinski definition) is 2. The predicted octanol–water partition coefficient (Wildman–Crippen LogP) is 2.96. The molecule has 2 N–H and O–H groups in total. The number of alkyl halides is 4. The minimum absolute atomic E-state index is 0.0489. The maximum Gasteiger partial charge on any atom is 0.416 e. The largest absolute Gasteiger partial charge is 0.416 e. The van der Waals surface area contributed by atoms with Gasteiger partial charge in [0, 0.05) is 24.7 Å². The Balaban J connectivity index is 1.77. The van der Waals surface area contributed by atoms with Gasteiger partial charge >= 0.3 is 6.18 Å². The fourth-order valence-corrected chi connectivity index (χ4v) is 2.96. The Morgan fingerprint density at radius 3 is 2.61 bits per heavy atom. The summed E-state index contributed by atoms with van der Waals surface area (Å²) in [5.41, 5.74) is 0.687. The highest BCUT2D eigenvalue weighted by atomic mass is 19.4. The van der Waals surface area contributed by atoms with Gasteiger partial charge in [-0.3, -0.25) is 9.78 Å². The molecule has 0 spiro atoms. The van der Waals surface area contributed by atoms with Crippen LogP contribution < -0.4 is 10.6 Å². The third-order valence-corrected chi connectivity index (χ3v) is 4.44. The van der Waals surface area contributed by atoms with Crippen molar-refractivity contribution in [1.82, 2.24) is 15.6 Å². The average Bonchev–Trinajstić information content (AvgIpc) is 3.12. The van der Waals surface area contributed by atoms with Gasteiger partial charge in [-0.05, 0) is 23.8 Å². The molecule has 1 amide bonds. The van der Waals surface area contributed by atoms with Crippen LogP contribution in [0.5, 0.6) is 0 Å². The van der Waals surface area contributed by atoms with E-state index in [1.807, 2.05) is 6.07 Å². The number of halogens is 4. The highest BCUT2D eigenvalue weighted by molar-refractivity contribution is 5.82. The molecule has 28 heavy (non-hydrogen) atoms. The van der Waals surface area contributed by atoms with Crippen LogP contribution in [-0.4, -0.2) is 29.6 Å². The molecule has 1 aromatic heterocycles. The lowest BCUT2D eigenvalue weighted by Gasteiger charge is -2.12. The van der Waals surface area contributed by atoms with E-state index in [1.54, 1.807) is 6.07 Å². The Bertz CT molecular complexity index is 906. The standard InChI is InChI=1S/C19H16F4N4O/c20-14-5-17(26-9-14)18(28)27-10-15-6-16(12(7-24)8-25-15)11-1-3-13(4-2-11)19(21,22)23/h1-4,6,8,14,17,26H,5,9-10H2,(H,27,28)/t14-,17-/m1/s1. The van der Waals surface area contributed by atoms with E-state index in [0.29, 0.717) is 16.8 Å². The van der Waals surface area contributed by atoms with Gasteiger partial charge in [0.1, 0.15) is 12.2 Å². The van der Waals surface area contributed by atoms with E-state index in [1.165, 1.54) is 18.3 Å². The zero-order valence-electron chi connectivity index (χ0n) is 14.6. The van der Waals surface area contributed by atoms with Crippen molar-refractivity contribution in [1.29, 1.82) is 5.26 Å². The molecule has 1 aliphatic rings. The molecule has 9 heteroatoms. The molecule has 2 atom stereocenters. The number of hydrogen-bond acceptors (Lipinski definition) is 4. The van der Waals surface area contributed by atoms with Crippen LogP contribution in [0.3, 0.4) is 0 Å². The number of nitrogens with zero attached hydrogens (tertiary/aromatic N) is 2. The highest BCUT2D eigenvalue weighted by Gasteiger charge is 2.30. The van der Waals surface area contributed by atoms with Crippen LogP contribution in [0.4, 0.5) is 17.6 Å². The fraction of sp³-hybridized carbons (Fsp3) is 0.316. The van der Waals surface area contributed by atoms with Crippen molar-refractivity contribution in [3.05, 3.63) is 53.3 Å². The summed E-state index contributed by atoms with van der Waals surface area (Å²) in [6.07, 6.45) is -4.10. The predicted molar refractivity (Wildman–Crippen MR) is 92.5 cm³/mol. The zero-order chi connectivity index (χ0) is 20.3. The number of amides is 1. The molecule has 0 bridgehead atoms. The van der Waals surface area contributed by atoms with Crippen molar-refractivity contribution in [3.63, 3.8) is 0 Å². The molecule has 1 aromatic carbocycles. The van der Waals surface area contributed by atoms with Gasteiger partial charge in [-0.1, -0.05) is 12.1 Å². The number of nitrogens with one attached hydrogen (secondary N) is 2. The first-order valence-corrected chi connectivity index (χ1v) is 8.49. The highest BCUT2D eigenvalue weighted by Crippen LogP contribution is 2.31. The quantitative estimate of drug-likeness (QED) is 0.785. The number of carbonyl (C=O) groups is 1. The Morgan fingerprint density at radius 1 is 1.32 bits per heavy atom. The van der Waals surface area contributed by atoms with Gasteiger partial charge in [0.05, 0.1) is 29.4 Å². The lowest BCUT2D eigenvalue weighted by molar-refractivity contribution is -0.137. The monoisotopic (exact) mass is 392 g/mol. The summed E-state index contributed by atoms with van der Waals surface area (Å²) in [7, 11) is 0. The number of pyridine rings is 1. The number of nitriles is 1. The van der Waals surface area contributed by atoms with Gasteiger partial charge < -0.3 is 10.6 Å². The summed E-state index contributed by atoms with van der Waals surface area (Å²) in [4.78, 5) is 16.1. The second-order valence-corrected chi connectivity index (χ2v) is 6.42. The summed E-state index contributed by atoms with van der Waals surface area (Å²) < 4.78 is 51.4. The van der Waals surface area contributed by atoms with E-state index in [0.717, 1.165) is 12.1 Å². The Hall–Kier alpha value is -2.99. The third kappa shape index (κ3) is 4.46. The van der Waals surface area contributed by atoms with Crippen LogP contribution in [0.15, 0.2) is 36.5 Å². The van der Waals surface area contributed by atoms with Crippen LogP contribution in [0, 0.1) is 11.3 Å². The molecule has 1 aliphatic heterocycles. The van der Waals surface area contributed by atoms with Crippen molar-refractivity contribution in [3.8, 4) is 17.2 Å². The number of benzene rings is 1. The van der Waals surface area contributed by atoms with Crippen molar-refractivity contribution in [2.45, 2.75) is 31.4 Å². The van der Waals surface area contributed by atoms with E-state index >= 15 is 0 Å². The molecular formula is C19H16F4N4O. The first-order valence-electron chi connectivity index (χ1n) is 8.49. The van der Waals surface area contributed by atoms with Crippen molar-refractivity contribution in [2.24, 2.45) is 0 Å². The van der Waals surface area contributed by atoms with E-state index < -0.39 is 24.0 Å². The minimum atomic E-state index is -4.45. The molecule has 1 saturated heterocycles. The van der Waals surface area contributed by atoms with E-state index in [4.69, 9.17) is 0 Å². The molecule has 2 aromatic rings. The first-order chi connectivity index (χ1) is 13.3. The summed E-state index contributed by atoms with van der Waals surface area (Å²) in [6.45, 7) is 0.179. The summed E-state index contributed by atoms with van der Waals surface area (Å²) >= 11 is 0. The summed E-state index contributed by atoms with van der Waals surface area (Å²) in [6, 6.07) is 7.34. The fourth-order valence-electron chi connectivity index (χ4n) is 2.96.